The highest BCUT2D eigenvalue weighted by atomic mass is 35.5. The second-order valence-corrected chi connectivity index (χ2v) is 9.03. The fourth-order valence-electron chi connectivity index (χ4n) is 5.80. The average Bonchev–Trinajstić information content (AvgIpc) is 3.22. The van der Waals surface area contributed by atoms with Crippen LogP contribution in [0.3, 0.4) is 0 Å². The molecule has 1 saturated carbocycles. The van der Waals surface area contributed by atoms with Gasteiger partial charge in [-0.15, -0.1) is 0 Å². The van der Waals surface area contributed by atoms with Gasteiger partial charge in [0.05, 0.1) is 25.3 Å². The Morgan fingerprint density at radius 2 is 1.91 bits per heavy atom. The van der Waals surface area contributed by atoms with Gasteiger partial charge in [-0.1, -0.05) is 66.2 Å². The van der Waals surface area contributed by atoms with Gasteiger partial charge in [0.1, 0.15) is 10.9 Å². The lowest BCUT2D eigenvalue weighted by Crippen LogP contribution is -2.52. The lowest BCUT2D eigenvalue weighted by molar-refractivity contribution is -0.152. The first-order chi connectivity index (χ1) is 16.4. The van der Waals surface area contributed by atoms with Crippen molar-refractivity contribution in [1.82, 2.24) is 10.3 Å². The van der Waals surface area contributed by atoms with Crippen LogP contribution in [0.2, 0.25) is 5.15 Å². The van der Waals surface area contributed by atoms with E-state index >= 15 is 0 Å². The van der Waals surface area contributed by atoms with Crippen molar-refractivity contribution in [1.29, 1.82) is 0 Å². The molecule has 2 heterocycles. The molecule has 0 amide bonds. The third-order valence-corrected chi connectivity index (χ3v) is 7.25. The van der Waals surface area contributed by atoms with Crippen molar-refractivity contribution in [2.45, 2.75) is 23.2 Å². The maximum atomic E-state index is 12.6. The van der Waals surface area contributed by atoms with Gasteiger partial charge >= 0.3 is 0 Å². The van der Waals surface area contributed by atoms with Crippen LogP contribution in [0, 0.1) is 12.5 Å². The van der Waals surface area contributed by atoms with Crippen LogP contribution in [-0.2, 0) is 11.2 Å². The molecule has 1 fully saturated rings. The van der Waals surface area contributed by atoms with E-state index in [0.717, 1.165) is 5.56 Å². The van der Waals surface area contributed by atoms with Crippen molar-refractivity contribution in [3.05, 3.63) is 93.9 Å². The van der Waals surface area contributed by atoms with E-state index in [4.69, 9.17) is 27.6 Å². The van der Waals surface area contributed by atoms with Gasteiger partial charge in [0.2, 0.25) is 5.88 Å². The molecular formula is C26H24ClN3O4. The van der Waals surface area contributed by atoms with Crippen molar-refractivity contribution in [2.75, 3.05) is 20.7 Å². The summed E-state index contributed by atoms with van der Waals surface area (Å²) in [6, 6.07) is 18.2. The van der Waals surface area contributed by atoms with E-state index in [0.29, 0.717) is 23.5 Å². The maximum absolute atomic E-state index is 12.6. The summed E-state index contributed by atoms with van der Waals surface area (Å²) in [4.78, 5) is 7.75. The largest absolute Gasteiger partial charge is 0.481 e. The Balaban J connectivity index is 1.86. The second kappa shape index (κ2) is 8.26. The SMILES string of the molecule is [C-]#[N+]c1ccc([C@@]23Oc4cc(Cl)nc(OC)c4[C@]2(O)[C@H](O)[C@H](CNC)[C@H]3c2ccccc2)cc1. The first-order valence-corrected chi connectivity index (χ1v) is 11.3. The highest BCUT2D eigenvalue weighted by Gasteiger charge is 2.76. The van der Waals surface area contributed by atoms with Crippen LogP contribution >= 0.6 is 11.6 Å². The Kier molecular flexibility index (Phi) is 5.50. The summed E-state index contributed by atoms with van der Waals surface area (Å²) >= 11 is 6.25. The molecule has 1 aliphatic carbocycles. The fraction of sp³-hybridized carbons (Fsp3) is 0.308. The van der Waals surface area contributed by atoms with Crippen LogP contribution in [-0.4, -0.2) is 42.0 Å². The van der Waals surface area contributed by atoms with Crippen LogP contribution in [0.4, 0.5) is 5.69 Å². The number of aromatic nitrogens is 1. The number of halogens is 1. The average molecular weight is 478 g/mol. The summed E-state index contributed by atoms with van der Waals surface area (Å²) in [5, 5.41) is 27.7. The van der Waals surface area contributed by atoms with E-state index < -0.39 is 29.1 Å². The zero-order valence-corrected chi connectivity index (χ0v) is 19.5. The smallest absolute Gasteiger partial charge is 0.224 e. The molecule has 174 valence electrons. The third-order valence-electron chi connectivity index (χ3n) is 7.05. The predicted octanol–water partition coefficient (Wildman–Crippen LogP) is 3.76. The molecule has 2 aliphatic rings. The molecule has 3 N–H and O–H groups in total. The Morgan fingerprint density at radius 1 is 1.21 bits per heavy atom. The predicted molar refractivity (Wildman–Crippen MR) is 127 cm³/mol. The third kappa shape index (κ3) is 2.90. The number of aliphatic hydroxyl groups excluding tert-OH is 1. The molecular weight excluding hydrogens is 454 g/mol. The molecule has 1 aliphatic heterocycles. The van der Waals surface area contributed by atoms with E-state index in [1.54, 1.807) is 31.3 Å². The number of rotatable bonds is 5. The topological polar surface area (TPSA) is 88.2 Å². The number of fused-ring (bicyclic) bond motifs is 3. The molecule has 0 saturated heterocycles. The molecule has 0 spiro atoms. The van der Waals surface area contributed by atoms with Gasteiger partial charge in [0.15, 0.2) is 16.9 Å². The minimum absolute atomic E-state index is 0.0978. The molecule has 2 aromatic carbocycles. The molecule has 0 radical (unpaired) electrons. The minimum Gasteiger partial charge on any atom is -0.481 e. The molecule has 8 heteroatoms. The van der Waals surface area contributed by atoms with Crippen molar-refractivity contribution in [3.8, 4) is 11.6 Å². The molecule has 5 atom stereocenters. The maximum Gasteiger partial charge on any atom is 0.224 e. The van der Waals surface area contributed by atoms with E-state index in [9.17, 15) is 10.2 Å². The number of ether oxygens (including phenoxy) is 2. The molecule has 5 rings (SSSR count). The first kappa shape index (κ1) is 22.6. The normalized spacial score (nSPS) is 29.1. The number of nitrogens with one attached hydrogen (secondary N) is 1. The molecule has 0 unspecified atom stereocenters. The zero-order chi connectivity index (χ0) is 24.1. The monoisotopic (exact) mass is 477 g/mol. The summed E-state index contributed by atoms with van der Waals surface area (Å²) < 4.78 is 12.2. The van der Waals surface area contributed by atoms with Gasteiger partial charge in [-0.25, -0.2) is 9.83 Å². The molecule has 3 aromatic rings. The summed E-state index contributed by atoms with van der Waals surface area (Å²) in [7, 11) is 3.24. The van der Waals surface area contributed by atoms with E-state index in [1.807, 2.05) is 30.3 Å². The number of methoxy groups -OCH3 is 1. The second-order valence-electron chi connectivity index (χ2n) is 8.64. The summed E-state index contributed by atoms with van der Waals surface area (Å²) in [5.41, 5.74) is -1.09. The Hall–Kier alpha value is -3.15. The van der Waals surface area contributed by atoms with E-state index in [2.05, 4.69) is 15.1 Å². The van der Waals surface area contributed by atoms with Crippen LogP contribution in [0.25, 0.3) is 4.85 Å². The number of benzene rings is 2. The number of pyridine rings is 1. The summed E-state index contributed by atoms with van der Waals surface area (Å²) in [6.07, 6.45) is -1.23. The lowest BCUT2D eigenvalue weighted by atomic mass is 9.71. The molecule has 7 nitrogen and oxygen atoms in total. The lowest BCUT2D eigenvalue weighted by Gasteiger charge is -2.41. The fourth-order valence-corrected chi connectivity index (χ4v) is 5.97. The van der Waals surface area contributed by atoms with Gasteiger partial charge in [-0.05, 0) is 18.2 Å². The van der Waals surface area contributed by atoms with Gasteiger partial charge in [0.25, 0.3) is 0 Å². The van der Waals surface area contributed by atoms with Crippen molar-refractivity contribution in [2.24, 2.45) is 5.92 Å². The van der Waals surface area contributed by atoms with Gasteiger partial charge in [-0.2, -0.15) is 0 Å². The number of aliphatic hydroxyl groups is 2. The van der Waals surface area contributed by atoms with Gasteiger partial charge in [-0.3, -0.25) is 0 Å². The van der Waals surface area contributed by atoms with E-state index in [1.165, 1.54) is 13.2 Å². The Morgan fingerprint density at radius 3 is 2.53 bits per heavy atom. The highest BCUT2D eigenvalue weighted by molar-refractivity contribution is 6.29. The molecule has 34 heavy (non-hydrogen) atoms. The van der Waals surface area contributed by atoms with Crippen molar-refractivity contribution >= 4 is 17.3 Å². The van der Waals surface area contributed by atoms with E-state index in [-0.39, 0.29) is 16.6 Å². The van der Waals surface area contributed by atoms with Crippen LogP contribution in [0.1, 0.15) is 22.6 Å². The van der Waals surface area contributed by atoms with Crippen molar-refractivity contribution in [3.63, 3.8) is 0 Å². The van der Waals surface area contributed by atoms with Crippen molar-refractivity contribution < 1.29 is 19.7 Å². The summed E-state index contributed by atoms with van der Waals surface area (Å²) in [5.74, 6) is -0.487. The number of nitrogens with zero attached hydrogens (tertiary/aromatic N) is 2. The van der Waals surface area contributed by atoms with Crippen LogP contribution in [0.15, 0.2) is 60.7 Å². The highest BCUT2D eigenvalue weighted by Crippen LogP contribution is 2.69. The zero-order valence-electron chi connectivity index (χ0n) is 18.7. The quantitative estimate of drug-likeness (QED) is 0.383. The Bertz CT molecular complexity index is 1260. The van der Waals surface area contributed by atoms with Gasteiger partial charge in [0, 0.05) is 24.4 Å². The minimum atomic E-state index is -1.91. The van der Waals surface area contributed by atoms with Crippen LogP contribution < -0.4 is 14.8 Å². The number of hydrogen-bond acceptors (Lipinski definition) is 6. The standard InChI is InChI=1S/C26H24ClN3O4/c1-28-14-18-21(15-7-5-4-6-8-15)26(16-9-11-17(29-2)12-10-16)25(32,23(18)31)22-19(34-26)13-20(27)30-24(22)33-3/h4-13,18,21,23,28,31-32H,14H2,1,3H3/t18-,21-,23-,25+,26+/m1/s1. The van der Waals surface area contributed by atoms with Gasteiger partial charge < -0.3 is 25.0 Å². The summed E-state index contributed by atoms with van der Waals surface area (Å²) in [6.45, 7) is 7.76. The van der Waals surface area contributed by atoms with Crippen LogP contribution in [0.5, 0.6) is 11.6 Å². The Labute approximate surface area is 202 Å². The molecule has 0 bridgehead atoms. The number of hydrogen-bond donors (Lipinski definition) is 3. The molecule has 1 aromatic heterocycles. The first-order valence-electron chi connectivity index (χ1n) is 10.9.